The molecule has 1 unspecified atom stereocenters. The first kappa shape index (κ1) is 26.3. The molecule has 1 atom stereocenters. The molecule has 3 nitrogen and oxygen atoms in total. The summed E-state index contributed by atoms with van der Waals surface area (Å²) in [5.74, 6) is 0.791. The number of rotatable bonds is 7. The van der Waals surface area contributed by atoms with Gasteiger partial charge in [0.05, 0.1) is 0 Å². The van der Waals surface area contributed by atoms with E-state index in [1.807, 2.05) is 30.0 Å². The molecule has 1 aromatic rings. The van der Waals surface area contributed by atoms with Crippen molar-refractivity contribution in [1.29, 1.82) is 0 Å². The van der Waals surface area contributed by atoms with Crippen LogP contribution in [0.3, 0.4) is 0 Å². The van der Waals surface area contributed by atoms with Crippen molar-refractivity contribution < 1.29 is 4.79 Å². The number of nitrogens with zero attached hydrogens (tertiary/aromatic N) is 2. The quantitative estimate of drug-likeness (QED) is 0.311. The summed E-state index contributed by atoms with van der Waals surface area (Å²) in [4.78, 5) is 16.6. The van der Waals surface area contributed by atoms with Crippen LogP contribution in [-0.4, -0.2) is 47.9 Å². The zero-order valence-corrected chi connectivity index (χ0v) is 21.8. The highest BCUT2D eigenvalue weighted by molar-refractivity contribution is 6.30. The fourth-order valence-corrected chi connectivity index (χ4v) is 5.33. The van der Waals surface area contributed by atoms with Crippen molar-refractivity contribution in [3.8, 4) is 0 Å². The van der Waals surface area contributed by atoms with Crippen molar-refractivity contribution >= 4 is 17.5 Å². The number of piperidine rings is 1. The number of benzene rings is 1. The first-order chi connectivity index (χ1) is 16.4. The van der Waals surface area contributed by atoms with Gasteiger partial charge in [-0.3, -0.25) is 4.79 Å². The van der Waals surface area contributed by atoms with Gasteiger partial charge in [0.15, 0.2) is 0 Å². The van der Waals surface area contributed by atoms with Crippen LogP contribution in [0.15, 0.2) is 65.6 Å². The van der Waals surface area contributed by atoms with Crippen LogP contribution < -0.4 is 0 Å². The molecule has 1 fully saturated rings. The fraction of sp³-hybridized carbons (Fsp3) is 0.500. The number of hydrogen-bond acceptors (Lipinski definition) is 2. The molecule has 0 spiro atoms. The molecule has 0 bridgehead atoms. The van der Waals surface area contributed by atoms with Gasteiger partial charge in [0, 0.05) is 35.3 Å². The smallest absolute Gasteiger partial charge is 0.254 e. The maximum atomic E-state index is 12.1. The van der Waals surface area contributed by atoms with Crippen LogP contribution in [-0.2, 0) is 6.42 Å². The zero-order valence-electron chi connectivity index (χ0n) is 21.1. The lowest BCUT2D eigenvalue weighted by atomic mass is 9.87. The number of amides is 1. The van der Waals surface area contributed by atoms with Gasteiger partial charge < -0.3 is 9.80 Å². The van der Waals surface area contributed by atoms with Crippen LogP contribution in [0.2, 0.25) is 5.02 Å². The van der Waals surface area contributed by atoms with Crippen molar-refractivity contribution in [2.45, 2.75) is 65.3 Å². The Kier molecular flexibility index (Phi) is 10.1. The maximum Gasteiger partial charge on any atom is 0.254 e. The molecule has 2 heterocycles. The number of allylic oxidation sites excluding steroid dienone is 4. The minimum absolute atomic E-state index is 0.0842. The highest BCUT2D eigenvalue weighted by Crippen LogP contribution is 2.28. The third kappa shape index (κ3) is 7.11. The highest BCUT2D eigenvalue weighted by Gasteiger charge is 2.25. The second-order valence-corrected chi connectivity index (χ2v) is 10.1. The van der Waals surface area contributed by atoms with E-state index in [2.05, 4.69) is 48.9 Å². The van der Waals surface area contributed by atoms with E-state index >= 15 is 0 Å². The maximum absolute atomic E-state index is 12.1. The van der Waals surface area contributed by atoms with Gasteiger partial charge in [-0.1, -0.05) is 61.6 Å². The van der Waals surface area contributed by atoms with Gasteiger partial charge in [0.2, 0.25) is 0 Å². The Bertz CT molecular complexity index is 1000. The average Bonchev–Trinajstić information content (AvgIpc) is 2.85. The lowest BCUT2D eigenvalue weighted by molar-refractivity contribution is 0.0755. The number of carbonyl (C=O) groups excluding carboxylic acids is 1. The van der Waals surface area contributed by atoms with Crippen LogP contribution in [0.5, 0.6) is 0 Å². The first-order valence-corrected chi connectivity index (χ1v) is 13.1. The van der Waals surface area contributed by atoms with Gasteiger partial charge in [0.25, 0.3) is 5.91 Å². The Morgan fingerprint density at radius 1 is 1.24 bits per heavy atom. The minimum atomic E-state index is 0.0842. The lowest BCUT2D eigenvalue weighted by Crippen LogP contribution is -2.41. The molecular weight excluding hydrogens is 440 g/mol. The molecule has 1 saturated heterocycles. The van der Waals surface area contributed by atoms with Gasteiger partial charge in [-0.2, -0.15) is 0 Å². The lowest BCUT2D eigenvalue weighted by Gasteiger charge is -2.37. The number of likely N-dealkylation sites (tertiary alicyclic amines) is 1. The summed E-state index contributed by atoms with van der Waals surface area (Å²) in [7, 11) is 0. The molecule has 34 heavy (non-hydrogen) atoms. The summed E-state index contributed by atoms with van der Waals surface area (Å²) in [5, 5.41) is 0.694. The summed E-state index contributed by atoms with van der Waals surface area (Å²) in [5.41, 5.74) is 10.6. The molecule has 0 N–H and O–H groups in total. The predicted octanol–water partition coefficient (Wildman–Crippen LogP) is 7.00. The van der Waals surface area contributed by atoms with E-state index in [1.165, 1.54) is 50.8 Å². The standard InChI is InChI=1S/C17H25N.C13H14ClNO/c1-3-8-17(4-2)18-13-11-16(12-14-18)15-9-6-5-7-10-15;1-9(2)8-15-6-5-10-7-11(14)3-4-12(10)13(15)16/h5-6,9,16-17H,3-4,8,11-14H2,1-2H3;3-4,7H,1,5-6,8H2,2H3. The van der Waals surface area contributed by atoms with Crippen molar-refractivity contribution in [2.24, 2.45) is 5.92 Å². The molecule has 3 aliphatic rings. The molecule has 0 radical (unpaired) electrons. The fourth-order valence-electron chi connectivity index (χ4n) is 5.14. The summed E-state index contributed by atoms with van der Waals surface area (Å²) in [6.07, 6.45) is 13.6. The zero-order chi connectivity index (χ0) is 24.5. The molecule has 1 aromatic carbocycles. The van der Waals surface area contributed by atoms with Crippen LogP contribution >= 0.6 is 11.6 Å². The van der Waals surface area contributed by atoms with Crippen molar-refractivity contribution in [3.63, 3.8) is 0 Å². The van der Waals surface area contributed by atoms with Gasteiger partial charge in [-0.15, -0.1) is 0 Å². The van der Waals surface area contributed by atoms with Crippen LogP contribution in [0, 0.1) is 5.92 Å². The SMILES string of the molecule is C=C(C)CN1CCc2cc(Cl)ccc2C1=O.CCCC(CC)N1CCC(C2=C=C=CC=C2)CC1. The van der Waals surface area contributed by atoms with Crippen LogP contribution in [0.25, 0.3) is 0 Å². The summed E-state index contributed by atoms with van der Waals surface area (Å²) in [6, 6.07) is 6.27. The molecule has 0 saturated carbocycles. The predicted molar refractivity (Wildman–Crippen MR) is 143 cm³/mol. The van der Waals surface area contributed by atoms with Gasteiger partial charge in [0.1, 0.15) is 0 Å². The number of halogens is 1. The second-order valence-electron chi connectivity index (χ2n) is 9.65. The molecule has 182 valence electrons. The Hall–Kier alpha value is -2.28. The van der Waals surface area contributed by atoms with Crippen LogP contribution in [0.4, 0.5) is 0 Å². The molecule has 4 heteroatoms. The van der Waals surface area contributed by atoms with E-state index in [4.69, 9.17) is 11.6 Å². The normalized spacial score (nSPS) is 18.8. The Balaban J connectivity index is 0.000000192. The number of hydrogen-bond donors (Lipinski definition) is 0. The van der Waals surface area contributed by atoms with Crippen LogP contribution in [0.1, 0.15) is 68.8 Å². The Morgan fingerprint density at radius 2 is 2.00 bits per heavy atom. The van der Waals surface area contributed by atoms with E-state index < -0.39 is 0 Å². The minimum Gasteiger partial charge on any atom is -0.334 e. The van der Waals surface area contributed by atoms with Crippen molar-refractivity contribution in [3.05, 3.63) is 81.8 Å². The molecule has 1 amide bonds. The average molecular weight is 479 g/mol. The van der Waals surface area contributed by atoms with E-state index in [9.17, 15) is 4.79 Å². The topological polar surface area (TPSA) is 23.6 Å². The second kappa shape index (κ2) is 13.0. The molecular formula is C30H39ClN2O. The molecule has 4 rings (SSSR count). The Morgan fingerprint density at radius 3 is 2.62 bits per heavy atom. The molecule has 0 aromatic heterocycles. The summed E-state index contributed by atoms with van der Waals surface area (Å²) >= 11 is 5.91. The van der Waals surface area contributed by atoms with Gasteiger partial charge in [-0.05, 0) is 93.9 Å². The van der Waals surface area contributed by atoms with Gasteiger partial charge in [-0.25, -0.2) is 0 Å². The third-order valence-electron chi connectivity index (χ3n) is 6.95. The van der Waals surface area contributed by atoms with E-state index in [0.717, 1.165) is 35.7 Å². The van der Waals surface area contributed by atoms with E-state index in [-0.39, 0.29) is 5.91 Å². The van der Waals surface area contributed by atoms with E-state index in [0.29, 0.717) is 17.5 Å². The largest absolute Gasteiger partial charge is 0.334 e. The summed E-state index contributed by atoms with van der Waals surface area (Å²) < 4.78 is 0. The first-order valence-electron chi connectivity index (χ1n) is 12.8. The summed E-state index contributed by atoms with van der Waals surface area (Å²) in [6.45, 7) is 14.3. The number of fused-ring (bicyclic) bond motifs is 1. The van der Waals surface area contributed by atoms with Crippen molar-refractivity contribution in [1.82, 2.24) is 9.80 Å². The van der Waals surface area contributed by atoms with Gasteiger partial charge >= 0.3 is 0 Å². The monoisotopic (exact) mass is 478 g/mol. The van der Waals surface area contributed by atoms with Crippen molar-refractivity contribution in [2.75, 3.05) is 26.2 Å². The van der Waals surface area contributed by atoms with E-state index in [1.54, 1.807) is 6.07 Å². The Labute approximate surface area is 211 Å². The molecule has 2 aliphatic heterocycles. The third-order valence-corrected chi connectivity index (χ3v) is 7.18. The highest BCUT2D eigenvalue weighted by atomic mass is 35.5. The molecule has 1 aliphatic carbocycles. The number of carbonyl (C=O) groups is 1.